The third-order valence-electron chi connectivity index (χ3n) is 2.38. The molecule has 3 N–H and O–H groups in total. The summed E-state index contributed by atoms with van der Waals surface area (Å²) in [6.07, 6.45) is 0. The number of nitrogens with zero attached hydrogens (tertiary/aromatic N) is 1. The molecule has 0 saturated heterocycles. The topological polar surface area (TPSA) is 67.6 Å². The average molecular weight is 271 g/mol. The Bertz CT molecular complexity index is 427. The van der Waals surface area contributed by atoms with E-state index in [0.29, 0.717) is 22.2 Å². The maximum Gasteiger partial charge on any atom is 0.265 e. The second-order valence-corrected chi connectivity index (χ2v) is 5.70. The molecule has 1 aromatic heterocycles. The van der Waals surface area contributed by atoms with Crippen LogP contribution in [0.15, 0.2) is 0 Å². The van der Waals surface area contributed by atoms with Gasteiger partial charge in [0.2, 0.25) is 0 Å². The Balaban J connectivity index is 3.05. The van der Waals surface area contributed by atoms with E-state index in [4.69, 9.17) is 10.5 Å². The van der Waals surface area contributed by atoms with Gasteiger partial charge in [0.1, 0.15) is 15.6 Å². The number of carbonyl (C=O) groups is 1. The smallest absolute Gasteiger partial charge is 0.265 e. The molecule has 1 rings (SSSR count). The minimum absolute atomic E-state index is 0.103. The fourth-order valence-electron chi connectivity index (χ4n) is 1.41. The summed E-state index contributed by atoms with van der Waals surface area (Å²) >= 11 is 1.34. The zero-order valence-electron chi connectivity index (χ0n) is 11.5. The second kappa shape index (κ2) is 5.95. The highest BCUT2D eigenvalue weighted by Crippen LogP contribution is 2.42. The van der Waals surface area contributed by atoms with Gasteiger partial charge in [-0.15, -0.1) is 11.3 Å². The third kappa shape index (κ3) is 3.07. The van der Waals surface area contributed by atoms with Gasteiger partial charge in [0, 0.05) is 20.6 Å². The highest BCUT2D eigenvalue weighted by atomic mass is 32.1. The van der Waals surface area contributed by atoms with E-state index in [0.717, 1.165) is 11.5 Å². The van der Waals surface area contributed by atoms with Gasteiger partial charge < -0.3 is 20.7 Å². The number of methoxy groups -OCH3 is 1. The number of ether oxygens (including phenoxy) is 1. The van der Waals surface area contributed by atoms with Gasteiger partial charge in [-0.05, 0) is 5.92 Å². The Morgan fingerprint density at radius 3 is 2.56 bits per heavy atom. The van der Waals surface area contributed by atoms with Crippen molar-refractivity contribution in [2.45, 2.75) is 13.8 Å². The summed E-state index contributed by atoms with van der Waals surface area (Å²) in [5, 5.41) is 4.08. The molecule has 0 bridgehead atoms. The maximum absolute atomic E-state index is 12.0. The van der Waals surface area contributed by atoms with E-state index < -0.39 is 0 Å². The van der Waals surface area contributed by atoms with Crippen LogP contribution >= 0.6 is 11.3 Å². The molecule has 0 spiro atoms. The molecule has 1 aromatic rings. The number of thiophene rings is 1. The molecule has 102 valence electrons. The molecular weight excluding hydrogens is 250 g/mol. The van der Waals surface area contributed by atoms with Gasteiger partial charge in [0.05, 0.1) is 7.11 Å². The van der Waals surface area contributed by atoms with E-state index in [1.54, 1.807) is 21.2 Å². The molecule has 0 unspecified atom stereocenters. The highest BCUT2D eigenvalue weighted by Gasteiger charge is 2.22. The van der Waals surface area contributed by atoms with Crippen molar-refractivity contribution in [2.75, 3.05) is 38.8 Å². The minimum atomic E-state index is -0.103. The van der Waals surface area contributed by atoms with Gasteiger partial charge in [-0.25, -0.2) is 0 Å². The van der Waals surface area contributed by atoms with Gasteiger partial charge in [-0.1, -0.05) is 13.8 Å². The molecule has 18 heavy (non-hydrogen) atoms. The summed E-state index contributed by atoms with van der Waals surface area (Å²) in [5.74, 6) is 0.963. The number of nitrogens with one attached hydrogen (secondary N) is 1. The number of nitrogens with two attached hydrogens (primary N) is 1. The van der Waals surface area contributed by atoms with Gasteiger partial charge in [0.15, 0.2) is 5.75 Å². The lowest BCUT2D eigenvalue weighted by Crippen LogP contribution is -2.21. The lowest BCUT2D eigenvalue weighted by Gasteiger charge is -2.08. The minimum Gasteiger partial charge on any atom is -0.492 e. The normalized spacial score (nSPS) is 10.6. The van der Waals surface area contributed by atoms with Crippen LogP contribution in [0.4, 0.5) is 10.7 Å². The number of amides is 1. The summed E-state index contributed by atoms with van der Waals surface area (Å²) in [6, 6.07) is 0. The summed E-state index contributed by atoms with van der Waals surface area (Å²) in [5.41, 5.74) is 6.37. The molecule has 0 aliphatic heterocycles. The molecular formula is C12H21N3O2S. The van der Waals surface area contributed by atoms with Crippen LogP contribution in [0.3, 0.4) is 0 Å². The number of rotatable bonds is 5. The Kier molecular flexibility index (Phi) is 4.84. The van der Waals surface area contributed by atoms with Gasteiger partial charge in [0.25, 0.3) is 5.91 Å². The van der Waals surface area contributed by atoms with E-state index in [-0.39, 0.29) is 5.91 Å². The Labute approximate surface area is 112 Å². The Morgan fingerprint density at radius 2 is 2.11 bits per heavy atom. The molecule has 6 heteroatoms. The number of carbonyl (C=O) groups excluding carboxylic acids is 1. The maximum atomic E-state index is 12.0. The Morgan fingerprint density at radius 1 is 1.50 bits per heavy atom. The standard InChI is InChI=1S/C12H21N3O2S/c1-7(2)6-14-11-9(17-5)8(13)10(18-11)12(16)15(3)4/h7,14H,6,13H2,1-5H3. The molecule has 0 fully saturated rings. The zero-order valence-corrected chi connectivity index (χ0v) is 12.4. The predicted octanol–water partition coefficient (Wildman–Crippen LogP) is 2.11. The summed E-state index contributed by atoms with van der Waals surface area (Å²) in [7, 11) is 4.97. The first kappa shape index (κ1) is 14.6. The van der Waals surface area contributed by atoms with E-state index >= 15 is 0 Å². The first-order valence-electron chi connectivity index (χ1n) is 5.80. The Hall–Kier alpha value is -1.43. The van der Waals surface area contributed by atoms with Crippen LogP contribution in [0.1, 0.15) is 23.5 Å². The van der Waals surface area contributed by atoms with Crippen LogP contribution < -0.4 is 15.8 Å². The van der Waals surface area contributed by atoms with Crippen molar-refractivity contribution in [3.63, 3.8) is 0 Å². The van der Waals surface area contributed by atoms with Crippen LogP contribution in [0.2, 0.25) is 0 Å². The predicted molar refractivity (Wildman–Crippen MR) is 76.6 cm³/mol. The monoisotopic (exact) mass is 271 g/mol. The second-order valence-electron chi connectivity index (χ2n) is 4.68. The molecule has 0 saturated carbocycles. The summed E-state index contributed by atoms with van der Waals surface area (Å²) in [4.78, 5) is 14.0. The van der Waals surface area contributed by atoms with Crippen LogP contribution in [-0.4, -0.2) is 38.6 Å². The number of nitrogen functional groups attached to an aromatic ring is 1. The van der Waals surface area contributed by atoms with Crippen molar-refractivity contribution in [2.24, 2.45) is 5.92 Å². The van der Waals surface area contributed by atoms with Gasteiger partial charge >= 0.3 is 0 Å². The molecule has 1 heterocycles. The summed E-state index contributed by atoms with van der Waals surface area (Å²) in [6.45, 7) is 5.04. The third-order valence-corrected chi connectivity index (χ3v) is 3.51. The molecule has 1 amide bonds. The van der Waals surface area contributed by atoms with Crippen molar-refractivity contribution in [1.29, 1.82) is 0 Å². The first-order chi connectivity index (χ1) is 8.38. The van der Waals surface area contributed by atoms with Crippen LogP contribution in [0.5, 0.6) is 5.75 Å². The SMILES string of the molecule is COc1c(NCC(C)C)sc(C(=O)N(C)C)c1N. The first-order valence-corrected chi connectivity index (χ1v) is 6.61. The van der Waals surface area contributed by atoms with Gasteiger partial charge in [-0.3, -0.25) is 4.79 Å². The zero-order chi connectivity index (χ0) is 13.9. The fraction of sp³-hybridized carbons (Fsp3) is 0.583. The quantitative estimate of drug-likeness (QED) is 0.860. The molecule has 0 atom stereocenters. The average Bonchev–Trinajstić information content (AvgIpc) is 2.61. The van der Waals surface area contributed by atoms with Crippen molar-refractivity contribution < 1.29 is 9.53 Å². The van der Waals surface area contributed by atoms with Crippen molar-refractivity contribution in [1.82, 2.24) is 4.90 Å². The lowest BCUT2D eigenvalue weighted by molar-refractivity contribution is 0.0833. The number of hydrogen-bond acceptors (Lipinski definition) is 5. The fourth-order valence-corrected chi connectivity index (χ4v) is 2.52. The van der Waals surface area contributed by atoms with Crippen LogP contribution in [-0.2, 0) is 0 Å². The van der Waals surface area contributed by atoms with Crippen molar-refractivity contribution >= 4 is 27.9 Å². The largest absolute Gasteiger partial charge is 0.492 e. The van der Waals surface area contributed by atoms with Crippen LogP contribution in [0.25, 0.3) is 0 Å². The van der Waals surface area contributed by atoms with E-state index in [1.807, 2.05) is 0 Å². The highest BCUT2D eigenvalue weighted by molar-refractivity contribution is 7.19. The lowest BCUT2D eigenvalue weighted by atomic mass is 10.2. The van der Waals surface area contributed by atoms with Crippen molar-refractivity contribution in [3.05, 3.63) is 4.88 Å². The summed E-state index contributed by atoms with van der Waals surface area (Å²) < 4.78 is 5.27. The van der Waals surface area contributed by atoms with Gasteiger partial charge in [-0.2, -0.15) is 0 Å². The molecule has 0 aliphatic carbocycles. The van der Waals surface area contributed by atoms with E-state index in [1.165, 1.54) is 16.2 Å². The van der Waals surface area contributed by atoms with Crippen molar-refractivity contribution in [3.8, 4) is 5.75 Å². The molecule has 5 nitrogen and oxygen atoms in total. The molecule has 0 radical (unpaired) electrons. The number of hydrogen-bond donors (Lipinski definition) is 2. The van der Waals surface area contributed by atoms with E-state index in [9.17, 15) is 4.79 Å². The van der Waals surface area contributed by atoms with E-state index in [2.05, 4.69) is 19.2 Å². The number of anilines is 2. The molecule has 0 aliphatic rings. The van der Waals surface area contributed by atoms with Crippen LogP contribution in [0, 0.1) is 5.92 Å². The molecule has 0 aromatic carbocycles.